The highest BCUT2D eigenvalue weighted by Crippen LogP contribution is 2.51. The van der Waals surface area contributed by atoms with Gasteiger partial charge in [0.1, 0.15) is 12.4 Å². The maximum absolute atomic E-state index is 5.14. The first-order chi connectivity index (χ1) is 13.7. The summed E-state index contributed by atoms with van der Waals surface area (Å²) in [7, 11) is 3.50. The van der Waals surface area contributed by atoms with Gasteiger partial charge in [-0.05, 0) is 31.4 Å². The van der Waals surface area contributed by atoms with Crippen molar-refractivity contribution in [1.82, 2.24) is 25.4 Å². The van der Waals surface area contributed by atoms with E-state index in [9.17, 15) is 0 Å². The van der Waals surface area contributed by atoms with Crippen molar-refractivity contribution >= 4 is 17.7 Å². The first-order valence-electron chi connectivity index (χ1n) is 9.82. The average Bonchev–Trinajstić information content (AvgIpc) is 3.35. The Kier molecular flexibility index (Phi) is 5.87. The molecule has 1 aliphatic heterocycles. The van der Waals surface area contributed by atoms with Crippen molar-refractivity contribution in [1.29, 1.82) is 0 Å². The van der Waals surface area contributed by atoms with Crippen LogP contribution in [-0.2, 0) is 24.3 Å². The van der Waals surface area contributed by atoms with Crippen molar-refractivity contribution in [2.24, 2.45) is 4.99 Å². The topological polar surface area (TPSA) is 76.4 Å². The zero-order chi connectivity index (χ0) is 19.4. The molecule has 0 radical (unpaired) electrons. The Hall–Kier alpha value is -2.06. The van der Waals surface area contributed by atoms with Crippen LogP contribution in [0.1, 0.15) is 30.9 Å². The maximum atomic E-state index is 5.14. The van der Waals surface area contributed by atoms with Crippen LogP contribution in [0.25, 0.3) is 0 Å². The average molecular weight is 401 g/mol. The van der Waals surface area contributed by atoms with E-state index in [1.165, 1.54) is 17.7 Å². The Balaban J connectivity index is 1.29. The molecular formula is C20H28N6OS. The van der Waals surface area contributed by atoms with Gasteiger partial charge in [-0.3, -0.25) is 4.99 Å². The predicted molar refractivity (Wildman–Crippen MR) is 112 cm³/mol. The van der Waals surface area contributed by atoms with E-state index in [1.807, 2.05) is 23.5 Å². The number of benzene rings is 1. The third kappa shape index (κ3) is 4.67. The number of methoxy groups -OCH3 is 1. The van der Waals surface area contributed by atoms with Gasteiger partial charge in [-0.1, -0.05) is 18.2 Å². The molecule has 1 aromatic carbocycles. The Morgan fingerprint density at radius 3 is 2.89 bits per heavy atom. The standard InChI is InChI=1S/C20H28N6OS/c1-21-19(22-14-20(10-11-20)28-16-6-4-3-5-7-16)23-15-8-9-18-24-17(13-27-2)25-26(18)12-15/h3-7,15H,8-14H2,1-2H3,(H2,21,22,23). The highest BCUT2D eigenvalue weighted by Gasteiger charge is 2.43. The number of hydrogen-bond acceptors (Lipinski definition) is 5. The maximum Gasteiger partial charge on any atom is 0.191 e. The number of guanidine groups is 1. The molecule has 0 bridgehead atoms. The SMILES string of the molecule is CN=C(NCC1(Sc2ccccc2)CC1)NC1CCc2nc(COC)nn2C1. The van der Waals surface area contributed by atoms with Crippen LogP contribution in [0.5, 0.6) is 0 Å². The van der Waals surface area contributed by atoms with Crippen molar-refractivity contribution in [3.63, 3.8) is 0 Å². The van der Waals surface area contributed by atoms with Gasteiger partial charge in [0.15, 0.2) is 11.8 Å². The Morgan fingerprint density at radius 2 is 2.18 bits per heavy atom. The highest BCUT2D eigenvalue weighted by molar-refractivity contribution is 8.01. The number of nitrogens with zero attached hydrogens (tertiary/aromatic N) is 4. The number of nitrogens with one attached hydrogen (secondary N) is 2. The molecule has 2 heterocycles. The van der Waals surface area contributed by atoms with E-state index in [-0.39, 0.29) is 0 Å². The van der Waals surface area contributed by atoms with Crippen LogP contribution in [0, 0.1) is 0 Å². The first kappa shape index (κ1) is 19.3. The van der Waals surface area contributed by atoms with Crippen LogP contribution in [0.4, 0.5) is 0 Å². The number of hydrogen-bond donors (Lipinski definition) is 2. The fourth-order valence-corrected chi connectivity index (χ4v) is 4.74. The quantitative estimate of drug-likeness (QED) is 0.548. The summed E-state index contributed by atoms with van der Waals surface area (Å²) in [4.78, 5) is 10.3. The molecule has 0 spiro atoms. The monoisotopic (exact) mass is 400 g/mol. The summed E-state index contributed by atoms with van der Waals surface area (Å²) >= 11 is 1.97. The molecule has 0 amide bonds. The van der Waals surface area contributed by atoms with E-state index in [0.29, 0.717) is 17.4 Å². The van der Waals surface area contributed by atoms with Crippen molar-refractivity contribution < 1.29 is 4.74 Å². The second kappa shape index (κ2) is 8.53. The number of thioether (sulfide) groups is 1. The Morgan fingerprint density at radius 1 is 1.36 bits per heavy atom. The lowest BCUT2D eigenvalue weighted by molar-refractivity contribution is 0.177. The lowest BCUT2D eigenvalue weighted by atomic mass is 10.1. The van der Waals surface area contributed by atoms with Crippen LogP contribution >= 0.6 is 11.8 Å². The normalized spacial score (nSPS) is 20.5. The molecule has 1 fully saturated rings. The van der Waals surface area contributed by atoms with Crippen molar-refractivity contribution in [2.75, 3.05) is 20.7 Å². The molecule has 2 aromatic rings. The minimum absolute atomic E-state index is 0.291. The largest absolute Gasteiger partial charge is 0.377 e. The molecule has 2 N–H and O–H groups in total. The van der Waals surface area contributed by atoms with E-state index in [1.54, 1.807) is 7.11 Å². The van der Waals surface area contributed by atoms with Gasteiger partial charge in [0.05, 0.1) is 6.54 Å². The van der Waals surface area contributed by atoms with Gasteiger partial charge in [0.2, 0.25) is 0 Å². The summed E-state index contributed by atoms with van der Waals surface area (Å²) < 4.78 is 7.43. The summed E-state index contributed by atoms with van der Waals surface area (Å²) in [5.74, 6) is 2.67. The molecule has 1 aromatic heterocycles. The number of fused-ring (bicyclic) bond motifs is 1. The number of ether oxygens (including phenoxy) is 1. The third-order valence-electron chi connectivity index (χ3n) is 5.20. The third-order valence-corrected chi connectivity index (χ3v) is 6.70. The van der Waals surface area contributed by atoms with E-state index in [4.69, 9.17) is 4.74 Å². The van der Waals surface area contributed by atoms with Crippen LogP contribution in [0.3, 0.4) is 0 Å². The zero-order valence-corrected chi connectivity index (χ0v) is 17.3. The lowest BCUT2D eigenvalue weighted by Gasteiger charge is -2.26. The van der Waals surface area contributed by atoms with Gasteiger partial charge < -0.3 is 15.4 Å². The Labute approximate surface area is 170 Å². The minimum atomic E-state index is 0.291. The lowest BCUT2D eigenvalue weighted by Crippen LogP contribution is -2.48. The molecule has 1 atom stereocenters. The van der Waals surface area contributed by atoms with E-state index >= 15 is 0 Å². The van der Waals surface area contributed by atoms with Gasteiger partial charge in [0.25, 0.3) is 0 Å². The number of aliphatic imine (C=N–C) groups is 1. The molecule has 4 rings (SSSR count). The fourth-order valence-electron chi connectivity index (χ4n) is 3.49. The van der Waals surface area contributed by atoms with Crippen molar-refractivity contribution in [2.45, 2.75) is 54.5 Å². The number of rotatable bonds is 7. The molecule has 0 saturated heterocycles. The highest BCUT2D eigenvalue weighted by atomic mass is 32.2. The molecule has 28 heavy (non-hydrogen) atoms. The van der Waals surface area contributed by atoms with Gasteiger partial charge in [-0.25, -0.2) is 9.67 Å². The minimum Gasteiger partial charge on any atom is -0.377 e. The van der Waals surface area contributed by atoms with Crippen molar-refractivity contribution in [3.05, 3.63) is 42.0 Å². The molecule has 7 nitrogen and oxygen atoms in total. The summed E-state index contributed by atoms with van der Waals surface area (Å²) in [6.45, 7) is 2.19. The van der Waals surface area contributed by atoms with Crippen LogP contribution in [0.2, 0.25) is 0 Å². The molecule has 150 valence electrons. The summed E-state index contributed by atoms with van der Waals surface area (Å²) in [5, 5.41) is 11.6. The zero-order valence-electron chi connectivity index (χ0n) is 16.5. The second-order valence-corrected chi connectivity index (χ2v) is 9.00. The molecule has 1 saturated carbocycles. The predicted octanol–water partition coefficient (Wildman–Crippen LogP) is 2.23. The van der Waals surface area contributed by atoms with Gasteiger partial charge >= 0.3 is 0 Å². The van der Waals surface area contributed by atoms with E-state index in [2.05, 4.69) is 56.0 Å². The molecule has 1 unspecified atom stereocenters. The van der Waals surface area contributed by atoms with Gasteiger partial charge in [0, 0.05) is 42.8 Å². The summed E-state index contributed by atoms with van der Waals surface area (Å²) in [6, 6.07) is 10.9. The van der Waals surface area contributed by atoms with Crippen molar-refractivity contribution in [3.8, 4) is 0 Å². The fraction of sp³-hybridized carbons (Fsp3) is 0.550. The molecule has 8 heteroatoms. The molecular weight excluding hydrogens is 372 g/mol. The van der Waals surface area contributed by atoms with E-state index < -0.39 is 0 Å². The number of aromatic nitrogens is 3. The van der Waals surface area contributed by atoms with Gasteiger partial charge in [-0.2, -0.15) is 5.10 Å². The van der Waals surface area contributed by atoms with E-state index in [0.717, 1.165) is 43.5 Å². The van der Waals surface area contributed by atoms with Crippen LogP contribution in [0.15, 0.2) is 40.2 Å². The van der Waals surface area contributed by atoms with Crippen LogP contribution < -0.4 is 10.6 Å². The molecule has 1 aliphatic carbocycles. The van der Waals surface area contributed by atoms with Crippen LogP contribution in [-0.4, -0.2) is 52.2 Å². The first-order valence-corrected chi connectivity index (χ1v) is 10.6. The van der Waals surface area contributed by atoms with Gasteiger partial charge in [-0.15, -0.1) is 11.8 Å². The molecule has 2 aliphatic rings. The summed E-state index contributed by atoms with van der Waals surface area (Å²) in [5.41, 5.74) is 0. The smallest absolute Gasteiger partial charge is 0.191 e. The Bertz CT molecular complexity index is 817. The second-order valence-electron chi connectivity index (χ2n) is 7.46. The number of aryl methyl sites for hydroxylation is 1. The summed E-state index contributed by atoms with van der Waals surface area (Å²) in [6.07, 6.45) is 4.42.